The van der Waals surface area contributed by atoms with Gasteiger partial charge < -0.3 is 9.64 Å². The van der Waals surface area contributed by atoms with Gasteiger partial charge in [0.05, 0.1) is 28.9 Å². The molecular weight excluding hydrogens is 528 g/mol. The third-order valence-corrected chi connectivity index (χ3v) is 8.15. The number of aryl methyl sites for hydroxylation is 2. The van der Waals surface area contributed by atoms with E-state index in [-0.39, 0.29) is 53.3 Å². The second-order valence-electron chi connectivity index (χ2n) is 10.4. The lowest BCUT2D eigenvalue weighted by Crippen LogP contribution is -2.44. The van der Waals surface area contributed by atoms with Gasteiger partial charge >= 0.3 is 0 Å². The van der Waals surface area contributed by atoms with Gasteiger partial charge in [0, 0.05) is 23.4 Å². The molecule has 2 aromatic carbocycles. The molecule has 4 aromatic rings. The minimum atomic E-state index is -4.12. The first-order valence-electron chi connectivity index (χ1n) is 13.1. The van der Waals surface area contributed by atoms with Gasteiger partial charge in [0.15, 0.2) is 0 Å². The van der Waals surface area contributed by atoms with Crippen molar-refractivity contribution in [3.8, 4) is 17.1 Å². The number of nitrogens with one attached hydrogen (secondary N) is 2. The summed E-state index contributed by atoms with van der Waals surface area (Å²) in [5, 5.41) is 6.95. The first-order chi connectivity index (χ1) is 19.1. The summed E-state index contributed by atoms with van der Waals surface area (Å²) in [6.07, 6.45) is 2.28. The van der Waals surface area contributed by atoms with Crippen molar-refractivity contribution in [3.05, 3.63) is 83.2 Å². The van der Waals surface area contributed by atoms with E-state index in [1.807, 2.05) is 32.0 Å². The van der Waals surface area contributed by atoms with Crippen molar-refractivity contribution in [3.63, 3.8) is 0 Å². The van der Waals surface area contributed by atoms with Gasteiger partial charge in [-0.2, -0.15) is 10.1 Å². The van der Waals surface area contributed by atoms with Crippen molar-refractivity contribution in [2.75, 3.05) is 11.3 Å². The van der Waals surface area contributed by atoms with Gasteiger partial charge in [-0.15, -0.1) is 0 Å². The summed E-state index contributed by atoms with van der Waals surface area (Å²) < 4.78 is 35.6. The van der Waals surface area contributed by atoms with Gasteiger partial charge in [-0.25, -0.2) is 18.1 Å². The van der Waals surface area contributed by atoms with E-state index < -0.39 is 10.0 Å². The minimum absolute atomic E-state index is 0.0666. The van der Waals surface area contributed by atoms with Crippen LogP contribution in [0.25, 0.3) is 11.3 Å². The molecule has 0 aliphatic carbocycles. The Morgan fingerprint density at radius 1 is 1.05 bits per heavy atom. The zero-order valence-electron chi connectivity index (χ0n) is 22.9. The Morgan fingerprint density at radius 2 is 1.80 bits per heavy atom. The summed E-state index contributed by atoms with van der Waals surface area (Å²) in [6, 6.07) is 15.1. The number of amides is 1. The second-order valence-corrected chi connectivity index (χ2v) is 12.1. The SMILES string of the molecule is Cc1cccc(C)c1-c1cc2nc(n1)NS(=O)(=O)c1cccc(c1)C(=O)N(Cc1ccn[nH]1)[C@H](CC(C)C)CO2. The number of hydrogen-bond acceptors (Lipinski definition) is 7. The largest absolute Gasteiger partial charge is 0.475 e. The number of benzene rings is 2. The zero-order valence-corrected chi connectivity index (χ0v) is 23.7. The van der Waals surface area contributed by atoms with E-state index in [9.17, 15) is 13.2 Å². The predicted molar refractivity (Wildman–Crippen MR) is 151 cm³/mol. The maximum absolute atomic E-state index is 13.9. The number of sulfonamides is 1. The Morgan fingerprint density at radius 3 is 2.50 bits per heavy atom. The summed E-state index contributed by atoms with van der Waals surface area (Å²) >= 11 is 0. The fourth-order valence-corrected chi connectivity index (χ4v) is 5.96. The van der Waals surface area contributed by atoms with Crippen LogP contribution in [0.1, 0.15) is 47.4 Å². The molecule has 1 aliphatic heterocycles. The Balaban J connectivity index is 1.67. The lowest BCUT2D eigenvalue weighted by atomic mass is 10.00. The Labute approximate surface area is 233 Å². The molecule has 0 saturated carbocycles. The van der Waals surface area contributed by atoms with Gasteiger partial charge in [0.25, 0.3) is 15.9 Å². The Kier molecular flexibility index (Phi) is 7.57. The molecule has 0 fully saturated rings. The van der Waals surface area contributed by atoms with E-state index in [0.29, 0.717) is 12.1 Å². The summed E-state index contributed by atoms with van der Waals surface area (Å²) in [6.45, 7) is 8.50. The molecule has 11 heteroatoms. The molecule has 208 valence electrons. The van der Waals surface area contributed by atoms with Crippen LogP contribution in [0.3, 0.4) is 0 Å². The second kappa shape index (κ2) is 11.1. The van der Waals surface area contributed by atoms with E-state index in [0.717, 1.165) is 22.4 Å². The highest BCUT2D eigenvalue weighted by molar-refractivity contribution is 7.92. The number of H-pyrrole nitrogens is 1. The number of carbonyl (C=O) groups is 1. The number of hydrogen-bond donors (Lipinski definition) is 2. The monoisotopic (exact) mass is 560 g/mol. The molecular formula is C29H32N6O4S. The highest BCUT2D eigenvalue weighted by atomic mass is 32.2. The lowest BCUT2D eigenvalue weighted by Gasteiger charge is -2.32. The van der Waals surface area contributed by atoms with E-state index in [4.69, 9.17) is 4.74 Å². The first-order valence-corrected chi connectivity index (χ1v) is 14.6. The highest BCUT2D eigenvalue weighted by Gasteiger charge is 2.29. The Hall–Kier alpha value is -4.25. The lowest BCUT2D eigenvalue weighted by molar-refractivity contribution is 0.0549. The molecule has 0 unspecified atom stereocenters. The van der Waals surface area contributed by atoms with Crippen LogP contribution < -0.4 is 9.46 Å². The molecule has 0 spiro atoms. The van der Waals surface area contributed by atoms with Crippen LogP contribution >= 0.6 is 0 Å². The number of carbonyl (C=O) groups excluding carboxylic acids is 1. The van der Waals surface area contributed by atoms with Crippen LogP contribution in [0.4, 0.5) is 5.95 Å². The van der Waals surface area contributed by atoms with Crippen LogP contribution in [0, 0.1) is 19.8 Å². The fraction of sp³-hybridized carbons (Fsp3) is 0.310. The molecule has 5 rings (SSSR count). The number of aromatic amines is 1. The van der Waals surface area contributed by atoms with Crippen molar-refractivity contribution in [1.29, 1.82) is 0 Å². The highest BCUT2D eigenvalue weighted by Crippen LogP contribution is 2.30. The molecule has 2 aromatic heterocycles. The van der Waals surface area contributed by atoms with Crippen molar-refractivity contribution in [2.45, 2.75) is 51.6 Å². The van der Waals surface area contributed by atoms with Crippen molar-refractivity contribution in [1.82, 2.24) is 25.1 Å². The van der Waals surface area contributed by atoms with E-state index in [2.05, 4.69) is 38.7 Å². The van der Waals surface area contributed by atoms with Crippen molar-refractivity contribution in [2.24, 2.45) is 5.92 Å². The van der Waals surface area contributed by atoms with Gasteiger partial charge in [-0.1, -0.05) is 38.1 Å². The third kappa shape index (κ3) is 5.84. The van der Waals surface area contributed by atoms with Crippen LogP contribution in [0.15, 0.2) is 65.7 Å². The summed E-state index contributed by atoms with van der Waals surface area (Å²) in [5.41, 5.74) is 4.37. The third-order valence-electron chi connectivity index (χ3n) is 6.82. The van der Waals surface area contributed by atoms with Crippen LogP contribution in [0.2, 0.25) is 0 Å². The van der Waals surface area contributed by atoms with E-state index in [1.165, 1.54) is 12.1 Å². The molecule has 2 N–H and O–H groups in total. The standard InChI is InChI=1S/C29H32N6O4S/c1-18(2)13-23-17-39-26-15-25(27-19(3)7-5-8-20(27)4)31-29(32-26)34-40(37,38)24-10-6-9-21(14-24)28(36)35(23)16-22-11-12-30-33-22/h5-12,14-15,18,23H,13,16-17H2,1-4H3,(H,30,33)(H,31,32,34)/t23-/m1/s1. The van der Waals surface area contributed by atoms with Crippen LogP contribution in [-0.4, -0.2) is 52.0 Å². The molecule has 10 nitrogen and oxygen atoms in total. The normalized spacial score (nSPS) is 16.9. The molecule has 0 radical (unpaired) electrons. The van der Waals surface area contributed by atoms with E-state index in [1.54, 1.807) is 35.4 Å². The summed E-state index contributed by atoms with van der Waals surface area (Å²) in [4.78, 5) is 24.5. The van der Waals surface area contributed by atoms with Gasteiger partial charge in [-0.3, -0.25) is 9.89 Å². The maximum Gasteiger partial charge on any atom is 0.264 e. The number of aromatic nitrogens is 4. The van der Waals surface area contributed by atoms with Crippen molar-refractivity contribution < 1.29 is 17.9 Å². The van der Waals surface area contributed by atoms with Gasteiger partial charge in [0.2, 0.25) is 11.8 Å². The van der Waals surface area contributed by atoms with Crippen LogP contribution in [-0.2, 0) is 16.6 Å². The predicted octanol–water partition coefficient (Wildman–Crippen LogP) is 4.73. The molecule has 3 heterocycles. The number of anilines is 1. The van der Waals surface area contributed by atoms with Gasteiger partial charge in [-0.05, 0) is 61.6 Å². The average Bonchev–Trinajstić information content (AvgIpc) is 3.42. The zero-order chi connectivity index (χ0) is 28.4. The molecule has 4 bridgehead atoms. The number of nitrogens with zero attached hydrogens (tertiary/aromatic N) is 4. The summed E-state index contributed by atoms with van der Waals surface area (Å²) in [5.74, 6) is 0.0369. The Bertz CT molecular complexity index is 1620. The number of ether oxygens (including phenoxy) is 1. The smallest absolute Gasteiger partial charge is 0.264 e. The first kappa shape index (κ1) is 27.3. The summed E-state index contributed by atoms with van der Waals surface area (Å²) in [7, 11) is -4.12. The maximum atomic E-state index is 13.9. The number of fused-ring (bicyclic) bond motifs is 4. The van der Waals surface area contributed by atoms with Crippen molar-refractivity contribution >= 4 is 21.9 Å². The number of rotatable bonds is 5. The quantitative estimate of drug-likeness (QED) is 0.361. The van der Waals surface area contributed by atoms with Gasteiger partial charge in [0.1, 0.15) is 6.61 Å². The fourth-order valence-electron chi connectivity index (χ4n) is 4.97. The molecule has 40 heavy (non-hydrogen) atoms. The molecule has 1 amide bonds. The average molecular weight is 561 g/mol. The topological polar surface area (TPSA) is 130 Å². The molecule has 1 atom stereocenters. The molecule has 0 saturated heterocycles. The van der Waals surface area contributed by atoms with Crippen LogP contribution in [0.5, 0.6) is 5.88 Å². The van der Waals surface area contributed by atoms with E-state index >= 15 is 0 Å². The minimum Gasteiger partial charge on any atom is -0.475 e. The molecule has 1 aliphatic rings.